The third kappa shape index (κ3) is 6.08. The molecule has 0 amide bonds. The molecule has 0 saturated carbocycles. The van der Waals surface area contributed by atoms with Gasteiger partial charge in [-0.25, -0.2) is 0 Å². The lowest BCUT2D eigenvalue weighted by Gasteiger charge is -1.77. The van der Waals surface area contributed by atoms with Crippen molar-refractivity contribution in [2.24, 2.45) is 0 Å². The van der Waals surface area contributed by atoms with Gasteiger partial charge in [0, 0.05) is 5.33 Å². The van der Waals surface area contributed by atoms with E-state index in [4.69, 9.17) is 0 Å². The average Bonchev–Trinajstić information content (AvgIpc) is 1.61. The maximum atomic E-state index is 11.1. The highest BCUT2D eigenvalue weighted by Crippen LogP contribution is 1.99. The SMILES string of the molecule is FC(F)=CCCBr. The van der Waals surface area contributed by atoms with E-state index in [1.807, 2.05) is 0 Å². The van der Waals surface area contributed by atoms with Gasteiger partial charge in [-0.1, -0.05) is 15.9 Å². The van der Waals surface area contributed by atoms with Crippen molar-refractivity contribution in [3.05, 3.63) is 12.2 Å². The van der Waals surface area contributed by atoms with Crippen LogP contribution in [0.25, 0.3) is 0 Å². The van der Waals surface area contributed by atoms with Crippen molar-refractivity contribution in [2.45, 2.75) is 6.42 Å². The molecule has 42 valence electrons. The molecule has 0 aromatic rings. The van der Waals surface area contributed by atoms with Crippen molar-refractivity contribution < 1.29 is 8.78 Å². The molecule has 0 bridgehead atoms. The van der Waals surface area contributed by atoms with Crippen molar-refractivity contribution in [2.75, 3.05) is 5.33 Å². The van der Waals surface area contributed by atoms with Gasteiger partial charge in [-0.15, -0.1) is 0 Å². The molecule has 3 heteroatoms. The molecule has 0 heterocycles. The van der Waals surface area contributed by atoms with Gasteiger partial charge in [-0.3, -0.25) is 0 Å². The lowest BCUT2D eigenvalue weighted by atomic mass is 10.5. The average molecular weight is 171 g/mol. The largest absolute Gasteiger partial charge is 0.266 e. The first-order valence-corrected chi connectivity index (χ1v) is 2.96. The fourth-order valence-corrected chi connectivity index (χ4v) is 0.393. The molecule has 0 aliphatic rings. The van der Waals surface area contributed by atoms with Crippen LogP contribution in [0.4, 0.5) is 8.78 Å². The predicted molar refractivity (Wildman–Crippen MR) is 28.7 cm³/mol. The molecule has 0 aromatic heterocycles. The normalized spacial score (nSPS) is 8.43. The van der Waals surface area contributed by atoms with E-state index >= 15 is 0 Å². The van der Waals surface area contributed by atoms with Crippen molar-refractivity contribution >= 4 is 15.9 Å². The Bertz CT molecular complexity index is 66.1. The Kier molecular flexibility index (Phi) is 4.29. The maximum absolute atomic E-state index is 11.1. The number of hydrogen-bond acceptors (Lipinski definition) is 0. The summed E-state index contributed by atoms with van der Waals surface area (Å²) >= 11 is 3.00. The first-order chi connectivity index (χ1) is 3.27. The van der Waals surface area contributed by atoms with Crippen molar-refractivity contribution in [3.8, 4) is 0 Å². The highest BCUT2D eigenvalue weighted by Gasteiger charge is 1.83. The van der Waals surface area contributed by atoms with E-state index in [1.165, 1.54) is 0 Å². The van der Waals surface area contributed by atoms with Gasteiger partial charge < -0.3 is 0 Å². The van der Waals surface area contributed by atoms with E-state index < -0.39 is 6.08 Å². The highest BCUT2D eigenvalue weighted by molar-refractivity contribution is 9.09. The summed E-state index contributed by atoms with van der Waals surface area (Å²) < 4.78 is 22.1. The molecular weight excluding hydrogens is 166 g/mol. The Morgan fingerprint density at radius 2 is 2.14 bits per heavy atom. The van der Waals surface area contributed by atoms with Gasteiger partial charge in [-0.05, 0) is 12.5 Å². The van der Waals surface area contributed by atoms with Crippen LogP contribution in [0.1, 0.15) is 6.42 Å². The molecular formula is C4H5BrF2. The molecule has 0 unspecified atom stereocenters. The monoisotopic (exact) mass is 170 g/mol. The minimum atomic E-state index is -1.60. The third-order valence-corrected chi connectivity index (χ3v) is 0.866. The van der Waals surface area contributed by atoms with Crippen LogP contribution in [0.2, 0.25) is 0 Å². The summed E-state index contributed by atoms with van der Waals surface area (Å²) in [6, 6.07) is 0. The Morgan fingerprint density at radius 3 is 2.29 bits per heavy atom. The summed E-state index contributed by atoms with van der Waals surface area (Å²) in [5, 5.41) is 0.602. The van der Waals surface area contributed by atoms with Gasteiger partial charge in [-0.2, -0.15) is 8.78 Å². The van der Waals surface area contributed by atoms with Crippen LogP contribution in [0.5, 0.6) is 0 Å². The second-order valence-electron chi connectivity index (χ2n) is 0.971. The molecule has 0 N–H and O–H groups in total. The second kappa shape index (κ2) is 4.24. The predicted octanol–water partition coefficient (Wildman–Crippen LogP) is 2.55. The lowest BCUT2D eigenvalue weighted by molar-refractivity contribution is 0.418. The Hall–Kier alpha value is 0.0800. The summed E-state index contributed by atoms with van der Waals surface area (Å²) in [7, 11) is 0. The standard InChI is InChI=1S/C4H5BrF2/c5-3-1-2-4(6)7/h2H,1,3H2. The van der Waals surface area contributed by atoms with Crippen LogP contribution in [0.15, 0.2) is 12.2 Å². The molecule has 0 aliphatic heterocycles. The molecule has 0 atom stereocenters. The number of halogens is 3. The number of rotatable bonds is 2. The summed E-state index contributed by atoms with van der Waals surface area (Å²) in [4.78, 5) is 0. The first-order valence-electron chi connectivity index (χ1n) is 1.84. The second-order valence-corrected chi connectivity index (χ2v) is 1.76. The summed E-state index contributed by atoms with van der Waals surface area (Å²) in [6.07, 6.45) is -0.309. The molecule has 0 radical (unpaired) electrons. The van der Waals surface area contributed by atoms with E-state index in [0.717, 1.165) is 6.08 Å². The molecule has 0 spiro atoms. The van der Waals surface area contributed by atoms with Crippen LogP contribution < -0.4 is 0 Å². The molecule has 0 rings (SSSR count). The van der Waals surface area contributed by atoms with Crippen molar-refractivity contribution in [1.82, 2.24) is 0 Å². The van der Waals surface area contributed by atoms with Crippen molar-refractivity contribution in [1.29, 1.82) is 0 Å². The molecule has 0 fully saturated rings. The van der Waals surface area contributed by atoms with Crippen LogP contribution in [-0.4, -0.2) is 5.33 Å². The molecule has 0 saturated heterocycles. The fourth-order valence-electron chi connectivity index (χ4n) is 0.164. The van der Waals surface area contributed by atoms with Gasteiger partial charge >= 0.3 is 0 Å². The lowest BCUT2D eigenvalue weighted by Crippen LogP contribution is -1.65. The van der Waals surface area contributed by atoms with Crippen LogP contribution in [0, 0.1) is 0 Å². The number of allylic oxidation sites excluding steroid dienone is 1. The smallest absolute Gasteiger partial charge is 0.174 e. The summed E-state index contributed by atoms with van der Waals surface area (Å²) in [6.45, 7) is 0. The minimum absolute atomic E-state index is 0.405. The van der Waals surface area contributed by atoms with Crippen LogP contribution in [-0.2, 0) is 0 Å². The summed E-state index contributed by atoms with van der Waals surface area (Å²) in [5.41, 5.74) is 0. The zero-order valence-corrected chi connectivity index (χ0v) is 5.21. The summed E-state index contributed by atoms with van der Waals surface area (Å²) in [5.74, 6) is 0. The third-order valence-electron chi connectivity index (χ3n) is 0.408. The van der Waals surface area contributed by atoms with E-state index in [1.54, 1.807) is 0 Å². The molecule has 7 heavy (non-hydrogen) atoms. The van der Waals surface area contributed by atoms with Gasteiger partial charge in [0.05, 0.1) is 0 Å². The van der Waals surface area contributed by atoms with Crippen LogP contribution >= 0.6 is 15.9 Å². The molecule has 0 aromatic carbocycles. The number of alkyl halides is 1. The topological polar surface area (TPSA) is 0 Å². The van der Waals surface area contributed by atoms with Crippen molar-refractivity contribution in [3.63, 3.8) is 0 Å². The van der Waals surface area contributed by atoms with Gasteiger partial charge in [0.25, 0.3) is 6.08 Å². The Labute approximate surface area is 49.3 Å². The van der Waals surface area contributed by atoms with Gasteiger partial charge in [0.15, 0.2) is 0 Å². The van der Waals surface area contributed by atoms with E-state index in [2.05, 4.69) is 15.9 Å². The zero-order chi connectivity index (χ0) is 5.70. The Morgan fingerprint density at radius 1 is 1.57 bits per heavy atom. The quantitative estimate of drug-likeness (QED) is 0.560. The highest BCUT2D eigenvalue weighted by atomic mass is 79.9. The van der Waals surface area contributed by atoms with E-state index in [-0.39, 0.29) is 0 Å². The minimum Gasteiger partial charge on any atom is -0.174 e. The van der Waals surface area contributed by atoms with Gasteiger partial charge in [0.1, 0.15) is 0 Å². The van der Waals surface area contributed by atoms with Gasteiger partial charge in [0.2, 0.25) is 0 Å². The van der Waals surface area contributed by atoms with E-state index in [0.29, 0.717) is 11.8 Å². The zero-order valence-electron chi connectivity index (χ0n) is 3.63. The maximum Gasteiger partial charge on any atom is 0.266 e. The molecule has 0 aliphatic carbocycles. The van der Waals surface area contributed by atoms with Crippen LogP contribution in [0.3, 0.4) is 0 Å². The number of hydrogen-bond donors (Lipinski definition) is 0. The van der Waals surface area contributed by atoms with E-state index in [9.17, 15) is 8.78 Å². The first kappa shape index (κ1) is 7.08. The fraction of sp³-hybridized carbons (Fsp3) is 0.500. The Balaban J connectivity index is 3.08. The molecule has 0 nitrogen and oxygen atoms in total.